The monoisotopic (exact) mass is 429 g/mol. The van der Waals surface area contributed by atoms with Crippen molar-refractivity contribution in [2.24, 2.45) is 0 Å². The Hall–Kier alpha value is -3.20. The van der Waals surface area contributed by atoms with E-state index in [4.69, 9.17) is 9.15 Å². The summed E-state index contributed by atoms with van der Waals surface area (Å²) in [6, 6.07) is 12.9. The van der Waals surface area contributed by atoms with Crippen molar-refractivity contribution in [1.29, 1.82) is 0 Å². The van der Waals surface area contributed by atoms with Gasteiger partial charge in [-0.05, 0) is 55.0 Å². The molecule has 1 N–H and O–H groups in total. The molecule has 0 saturated carbocycles. The van der Waals surface area contributed by atoms with Crippen molar-refractivity contribution in [3.05, 3.63) is 54.1 Å². The number of carbonyl (C=O) groups is 1. The van der Waals surface area contributed by atoms with Crippen LogP contribution in [0.15, 0.2) is 57.8 Å². The van der Waals surface area contributed by atoms with Crippen molar-refractivity contribution in [3.8, 4) is 17.2 Å². The lowest BCUT2D eigenvalue weighted by molar-refractivity contribution is 0.102. The summed E-state index contributed by atoms with van der Waals surface area (Å²) >= 11 is 0. The van der Waals surface area contributed by atoms with Crippen molar-refractivity contribution in [3.63, 3.8) is 0 Å². The van der Waals surface area contributed by atoms with Crippen LogP contribution in [0.3, 0.4) is 0 Å². The van der Waals surface area contributed by atoms with Gasteiger partial charge in [0, 0.05) is 11.1 Å². The van der Waals surface area contributed by atoms with Crippen molar-refractivity contribution in [2.45, 2.75) is 31.6 Å². The summed E-state index contributed by atoms with van der Waals surface area (Å²) in [5.74, 6) is 0.503. The first-order valence-corrected chi connectivity index (χ1v) is 11.3. The minimum atomic E-state index is -3.28. The molecule has 0 unspecified atom stereocenters. The van der Waals surface area contributed by atoms with E-state index in [1.54, 1.807) is 43.3 Å². The highest BCUT2D eigenvalue weighted by atomic mass is 32.2. The van der Waals surface area contributed by atoms with E-state index in [0.29, 0.717) is 23.5 Å². The summed E-state index contributed by atoms with van der Waals surface area (Å²) in [6.07, 6.45) is 2.02. The number of nitrogens with zero attached hydrogens (tertiary/aromatic N) is 2. The van der Waals surface area contributed by atoms with Crippen LogP contribution in [0.2, 0.25) is 0 Å². The minimum Gasteiger partial charge on any atom is -0.494 e. The average Bonchev–Trinajstić information content (AvgIpc) is 3.23. The second-order valence-corrected chi connectivity index (χ2v) is 8.80. The second-order valence-electron chi connectivity index (χ2n) is 6.52. The van der Waals surface area contributed by atoms with Gasteiger partial charge in [-0.15, -0.1) is 5.10 Å². The van der Waals surface area contributed by atoms with E-state index >= 15 is 0 Å². The third-order valence-electron chi connectivity index (χ3n) is 4.37. The van der Waals surface area contributed by atoms with Crippen LogP contribution in [0.4, 0.5) is 6.01 Å². The molecule has 0 bridgehead atoms. The van der Waals surface area contributed by atoms with Crippen LogP contribution < -0.4 is 10.1 Å². The molecular weight excluding hydrogens is 406 g/mol. The van der Waals surface area contributed by atoms with Crippen molar-refractivity contribution in [1.82, 2.24) is 10.2 Å². The molecule has 1 amide bonds. The lowest BCUT2D eigenvalue weighted by Gasteiger charge is -2.06. The van der Waals surface area contributed by atoms with Gasteiger partial charge >= 0.3 is 6.01 Å². The van der Waals surface area contributed by atoms with Gasteiger partial charge in [0.25, 0.3) is 5.91 Å². The predicted octanol–water partition coefficient (Wildman–Crippen LogP) is 3.96. The molecule has 30 heavy (non-hydrogen) atoms. The summed E-state index contributed by atoms with van der Waals surface area (Å²) in [5, 5.41) is 10.3. The fraction of sp³-hybridized carbons (Fsp3) is 0.286. The molecule has 0 spiro atoms. The Kier molecular flexibility index (Phi) is 6.83. The molecular formula is C21H23N3O5S. The number of hydrogen-bond donors (Lipinski definition) is 1. The Morgan fingerprint density at radius 3 is 2.37 bits per heavy atom. The molecule has 9 heteroatoms. The number of aromatic nitrogens is 2. The molecule has 8 nitrogen and oxygen atoms in total. The molecule has 0 aliphatic rings. The lowest BCUT2D eigenvalue weighted by atomic mass is 10.2. The Morgan fingerprint density at radius 2 is 1.73 bits per heavy atom. The third kappa shape index (κ3) is 5.24. The van der Waals surface area contributed by atoms with Crippen LogP contribution in [0.1, 0.15) is 37.0 Å². The van der Waals surface area contributed by atoms with E-state index in [2.05, 4.69) is 22.4 Å². The number of carbonyl (C=O) groups excluding carboxylic acids is 1. The number of unbranched alkanes of at least 4 members (excludes halogenated alkanes) is 1. The van der Waals surface area contributed by atoms with Crippen LogP contribution in [0.5, 0.6) is 5.75 Å². The van der Waals surface area contributed by atoms with E-state index in [1.165, 1.54) is 12.1 Å². The first-order valence-electron chi connectivity index (χ1n) is 9.64. The van der Waals surface area contributed by atoms with Crippen LogP contribution in [-0.4, -0.2) is 36.9 Å². The standard InChI is InChI=1S/C21H23N3O5S/c1-3-5-14-28-17-10-6-15(7-11-17)19(25)22-21-24-23-20(29-21)16-8-12-18(13-9-16)30(26,27)4-2/h6-13H,3-5,14H2,1-2H3,(H,22,24,25). The highest BCUT2D eigenvalue weighted by molar-refractivity contribution is 7.91. The molecule has 1 heterocycles. The maximum absolute atomic E-state index is 12.4. The van der Waals surface area contributed by atoms with E-state index in [0.717, 1.165) is 12.8 Å². The number of ether oxygens (including phenoxy) is 1. The number of benzene rings is 2. The molecule has 3 rings (SSSR count). The largest absolute Gasteiger partial charge is 0.494 e. The zero-order chi connectivity index (χ0) is 21.6. The SMILES string of the molecule is CCCCOc1ccc(C(=O)Nc2nnc(-c3ccc(S(=O)(=O)CC)cc3)o2)cc1. The number of anilines is 1. The molecule has 1 aromatic heterocycles. The van der Waals surface area contributed by atoms with E-state index < -0.39 is 15.7 Å². The maximum atomic E-state index is 12.4. The highest BCUT2D eigenvalue weighted by Crippen LogP contribution is 2.22. The molecule has 0 aliphatic heterocycles. The molecule has 0 radical (unpaired) electrons. The van der Waals surface area contributed by atoms with Crippen LogP contribution >= 0.6 is 0 Å². The number of sulfone groups is 1. The summed E-state index contributed by atoms with van der Waals surface area (Å²) < 4.78 is 34.8. The molecule has 0 saturated heterocycles. The van der Waals surface area contributed by atoms with Crippen molar-refractivity contribution < 1.29 is 22.4 Å². The number of amides is 1. The van der Waals surface area contributed by atoms with E-state index in [1.807, 2.05) is 0 Å². The summed E-state index contributed by atoms with van der Waals surface area (Å²) in [6.45, 7) is 4.31. The van der Waals surface area contributed by atoms with Gasteiger partial charge in [-0.3, -0.25) is 10.1 Å². The molecule has 0 fully saturated rings. The van der Waals surface area contributed by atoms with Gasteiger partial charge in [0.2, 0.25) is 5.89 Å². The van der Waals surface area contributed by atoms with Gasteiger partial charge < -0.3 is 9.15 Å². The third-order valence-corrected chi connectivity index (χ3v) is 6.12. The molecule has 3 aromatic rings. The molecule has 0 aliphatic carbocycles. The van der Waals surface area contributed by atoms with Gasteiger partial charge in [-0.2, -0.15) is 0 Å². The van der Waals surface area contributed by atoms with Crippen LogP contribution in [0.25, 0.3) is 11.5 Å². The summed E-state index contributed by atoms with van der Waals surface area (Å²) in [4.78, 5) is 12.6. The van der Waals surface area contributed by atoms with E-state index in [-0.39, 0.29) is 22.6 Å². The van der Waals surface area contributed by atoms with Crippen molar-refractivity contribution >= 4 is 21.8 Å². The minimum absolute atomic E-state index is 0.0227. The highest BCUT2D eigenvalue weighted by Gasteiger charge is 2.15. The average molecular weight is 429 g/mol. The predicted molar refractivity (Wildman–Crippen MR) is 112 cm³/mol. The fourth-order valence-corrected chi connectivity index (χ4v) is 3.45. The van der Waals surface area contributed by atoms with E-state index in [9.17, 15) is 13.2 Å². The Balaban J connectivity index is 1.64. The second kappa shape index (κ2) is 9.53. The Labute approximate surface area is 175 Å². The molecule has 0 atom stereocenters. The fourth-order valence-electron chi connectivity index (χ4n) is 2.57. The van der Waals surface area contributed by atoms with Crippen molar-refractivity contribution in [2.75, 3.05) is 17.7 Å². The first kappa shape index (κ1) is 21.5. The topological polar surface area (TPSA) is 111 Å². The Morgan fingerprint density at radius 1 is 1.03 bits per heavy atom. The van der Waals surface area contributed by atoms with Gasteiger partial charge in [-0.1, -0.05) is 25.4 Å². The summed E-state index contributed by atoms with van der Waals surface area (Å²) in [7, 11) is -3.28. The van der Waals surface area contributed by atoms with Crippen LogP contribution in [-0.2, 0) is 9.84 Å². The zero-order valence-electron chi connectivity index (χ0n) is 16.8. The normalized spacial score (nSPS) is 11.3. The quantitative estimate of drug-likeness (QED) is 0.512. The smallest absolute Gasteiger partial charge is 0.322 e. The lowest BCUT2D eigenvalue weighted by Crippen LogP contribution is -2.12. The van der Waals surface area contributed by atoms with Gasteiger partial charge in [0.15, 0.2) is 9.84 Å². The number of hydrogen-bond acceptors (Lipinski definition) is 7. The first-order chi connectivity index (χ1) is 14.4. The van der Waals surface area contributed by atoms with Gasteiger partial charge in [0.1, 0.15) is 5.75 Å². The van der Waals surface area contributed by atoms with Gasteiger partial charge in [-0.25, -0.2) is 8.42 Å². The molecule has 158 valence electrons. The van der Waals surface area contributed by atoms with Crippen LogP contribution in [0, 0.1) is 0 Å². The van der Waals surface area contributed by atoms with Gasteiger partial charge in [0.05, 0.1) is 17.3 Å². The maximum Gasteiger partial charge on any atom is 0.322 e. The number of nitrogens with one attached hydrogen (secondary N) is 1. The number of rotatable bonds is 9. The Bertz CT molecular complexity index is 1090. The summed E-state index contributed by atoms with van der Waals surface area (Å²) in [5.41, 5.74) is 0.971. The zero-order valence-corrected chi connectivity index (χ0v) is 17.6. The molecule has 2 aromatic carbocycles.